The van der Waals surface area contributed by atoms with Crippen LogP contribution in [0, 0.1) is 0 Å². The molecule has 1 amide bonds. The zero-order chi connectivity index (χ0) is 17.9. The van der Waals surface area contributed by atoms with Gasteiger partial charge in [-0.15, -0.1) is 0 Å². The van der Waals surface area contributed by atoms with Crippen molar-refractivity contribution in [3.05, 3.63) is 101 Å². The Morgan fingerprint density at radius 1 is 0.808 bits per heavy atom. The summed E-state index contributed by atoms with van der Waals surface area (Å²) in [7, 11) is 0. The molecule has 1 N–H and O–H groups in total. The summed E-state index contributed by atoms with van der Waals surface area (Å²) >= 11 is 0. The molecule has 4 heteroatoms. The summed E-state index contributed by atoms with van der Waals surface area (Å²) in [5.74, 6) is -0.177. The van der Waals surface area contributed by atoms with Crippen LogP contribution in [0.2, 0.25) is 0 Å². The molecule has 0 spiro atoms. The van der Waals surface area contributed by atoms with Crippen LogP contribution >= 0.6 is 0 Å². The third-order valence-corrected chi connectivity index (χ3v) is 4.13. The van der Waals surface area contributed by atoms with Gasteiger partial charge in [-0.05, 0) is 42.0 Å². The molecule has 0 bridgehead atoms. The second-order valence-electron chi connectivity index (χ2n) is 5.88. The highest BCUT2D eigenvalue weighted by Crippen LogP contribution is 2.22. The van der Waals surface area contributed by atoms with E-state index in [1.165, 1.54) is 0 Å². The molecule has 1 heterocycles. The van der Waals surface area contributed by atoms with Gasteiger partial charge in [-0.3, -0.25) is 4.79 Å². The molecule has 0 unspecified atom stereocenters. The Morgan fingerprint density at radius 2 is 1.50 bits per heavy atom. The fourth-order valence-electron chi connectivity index (χ4n) is 2.79. The van der Waals surface area contributed by atoms with Crippen molar-refractivity contribution in [2.45, 2.75) is 0 Å². The minimum atomic E-state index is -0.384. The fourth-order valence-corrected chi connectivity index (χ4v) is 2.79. The molecule has 4 rings (SSSR count). The second kappa shape index (κ2) is 6.69. The van der Waals surface area contributed by atoms with Gasteiger partial charge in [-0.1, -0.05) is 48.5 Å². The zero-order valence-electron chi connectivity index (χ0n) is 13.8. The van der Waals surface area contributed by atoms with E-state index in [0.29, 0.717) is 22.4 Å². The molecule has 26 heavy (non-hydrogen) atoms. The number of fused-ring (bicyclic) bond motifs is 1. The summed E-state index contributed by atoms with van der Waals surface area (Å²) in [6, 6.07) is 25.3. The average Bonchev–Trinajstić information content (AvgIpc) is 2.69. The topological polar surface area (TPSA) is 59.3 Å². The van der Waals surface area contributed by atoms with Crippen LogP contribution in [0.15, 0.2) is 94.1 Å². The van der Waals surface area contributed by atoms with E-state index in [-0.39, 0.29) is 11.5 Å². The maximum absolute atomic E-state index is 12.2. The second-order valence-corrected chi connectivity index (χ2v) is 5.88. The van der Waals surface area contributed by atoms with Crippen molar-refractivity contribution < 1.29 is 9.21 Å². The number of benzene rings is 3. The van der Waals surface area contributed by atoms with Gasteiger partial charge < -0.3 is 9.73 Å². The highest BCUT2D eigenvalue weighted by atomic mass is 16.4. The molecular formula is C22H15NO3. The number of para-hydroxylation sites is 1. The fraction of sp³-hybridized carbons (Fsp3) is 0. The minimum Gasteiger partial charge on any atom is -0.422 e. The largest absolute Gasteiger partial charge is 0.422 e. The Bertz CT molecular complexity index is 1130. The lowest BCUT2D eigenvalue weighted by Gasteiger charge is -2.07. The van der Waals surface area contributed by atoms with Crippen LogP contribution in [0.3, 0.4) is 0 Å². The summed E-state index contributed by atoms with van der Waals surface area (Å²) in [5, 5.41) is 3.71. The molecule has 0 aliphatic heterocycles. The van der Waals surface area contributed by atoms with Crippen molar-refractivity contribution in [3.63, 3.8) is 0 Å². The predicted molar refractivity (Wildman–Crippen MR) is 102 cm³/mol. The zero-order valence-corrected chi connectivity index (χ0v) is 13.8. The van der Waals surface area contributed by atoms with Gasteiger partial charge in [0, 0.05) is 16.6 Å². The van der Waals surface area contributed by atoms with Gasteiger partial charge in [0.2, 0.25) is 0 Å². The first-order valence-electron chi connectivity index (χ1n) is 8.20. The smallest absolute Gasteiger partial charge is 0.344 e. The van der Waals surface area contributed by atoms with E-state index >= 15 is 0 Å². The quantitative estimate of drug-likeness (QED) is 0.549. The first-order chi connectivity index (χ1) is 12.7. The molecule has 0 aliphatic carbocycles. The van der Waals surface area contributed by atoms with Crippen molar-refractivity contribution in [1.29, 1.82) is 0 Å². The number of carbonyl (C=O) groups is 1. The molecule has 0 aliphatic rings. The Morgan fingerprint density at radius 3 is 2.27 bits per heavy atom. The van der Waals surface area contributed by atoms with E-state index in [1.807, 2.05) is 42.5 Å². The summed E-state index contributed by atoms with van der Waals surface area (Å²) in [4.78, 5) is 24.4. The maximum atomic E-state index is 12.2. The number of hydrogen-bond acceptors (Lipinski definition) is 3. The third kappa shape index (κ3) is 3.13. The van der Waals surface area contributed by atoms with Crippen LogP contribution in [-0.2, 0) is 0 Å². The Labute approximate surface area is 149 Å². The number of nitrogens with one attached hydrogen (secondary N) is 1. The summed E-state index contributed by atoms with van der Waals surface area (Å²) in [6.45, 7) is 0. The third-order valence-electron chi connectivity index (χ3n) is 4.13. The first-order valence-corrected chi connectivity index (χ1v) is 8.20. The van der Waals surface area contributed by atoms with Crippen LogP contribution in [0.1, 0.15) is 10.4 Å². The van der Waals surface area contributed by atoms with E-state index in [0.717, 1.165) is 10.9 Å². The number of hydrogen-bond donors (Lipinski definition) is 1. The number of amides is 1. The molecule has 0 atom stereocenters. The van der Waals surface area contributed by atoms with Crippen LogP contribution in [0.25, 0.3) is 22.1 Å². The number of anilines is 1. The van der Waals surface area contributed by atoms with E-state index in [2.05, 4.69) is 5.32 Å². The van der Waals surface area contributed by atoms with Crippen LogP contribution in [0.4, 0.5) is 5.69 Å². The van der Waals surface area contributed by atoms with Gasteiger partial charge in [-0.2, -0.15) is 0 Å². The lowest BCUT2D eigenvalue weighted by molar-refractivity contribution is 0.102. The molecule has 1 aromatic heterocycles. The molecule has 0 saturated heterocycles. The van der Waals surface area contributed by atoms with Crippen molar-refractivity contribution in [3.8, 4) is 11.1 Å². The Kier molecular flexibility index (Phi) is 4.07. The Balaban J connectivity index is 1.61. The molecular weight excluding hydrogens is 326 g/mol. The van der Waals surface area contributed by atoms with Crippen molar-refractivity contribution in [1.82, 2.24) is 0 Å². The molecule has 0 fully saturated rings. The van der Waals surface area contributed by atoms with Crippen LogP contribution < -0.4 is 10.9 Å². The van der Waals surface area contributed by atoms with Crippen molar-refractivity contribution in [2.24, 2.45) is 0 Å². The van der Waals surface area contributed by atoms with Crippen LogP contribution in [-0.4, -0.2) is 5.91 Å². The Hall–Kier alpha value is -3.66. The molecule has 4 nitrogen and oxygen atoms in total. The SMILES string of the molecule is O=C(Nc1ccc(-c2cc3ccccc3oc2=O)cc1)c1ccccc1. The van der Waals surface area contributed by atoms with Gasteiger partial charge in [0.05, 0.1) is 5.56 Å². The lowest BCUT2D eigenvalue weighted by atomic mass is 10.1. The summed E-state index contributed by atoms with van der Waals surface area (Å²) in [6.07, 6.45) is 0. The number of carbonyl (C=O) groups excluding carboxylic acids is 1. The summed E-state index contributed by atoms with van der Waals surface area (Å²) < 4.78 is 5.37. The highest BCUT2D eigenvalue weighted by molar-refractivity contribution is 6.04. The molecule has 4 aromatic rings. The average molecular weight is 341 g/mol. The molecule has 0 saturated carbocycles. The van der Waals surface area contributed by atoms with Crippen molar-refractivity contribution in [2.75, 3.05) is 5.32 Å². The van der Waals surface area contributed by atoms with Gasteiger partial charge in [-0.25, -0.2) is 4.79 Å². The first kappa shape index (κ1) is 15.8. The van der Waals surface area contributed by atoms with Gasteiger partial charge >= 0.3 is 5.63 Å². The van der Waals surface area contributed by atoms with E-state index in [9.17, 15) is 9.59 Å². The normalized spacial score (nSPS) is 10.6. The van der Waals surface area contributed by atoms with E-state index in [1.54, 1.807) is 42.5 Å². The van der Waals surface area contributed by atoms with Gasteiger partial charge in [0.1, 0.15) is 5.58 Å². The standard InChI is InChI=1S/C22H15NO3/c24-21(16-6-2-1-3-7-16)23-18-12-10-15(11-13-18)19-14-17-8-4-5-9-20(17)26-22(19)25/h1-14H,(H,23,24). The van der Waals surface area contributed by atoms with Crippen LogP contribution in [0.5, 0.6) is 0 Å². The minimum absolute atomic E-state index is 0.177. The van der Waals surface area contributed by atoms with E-state index in [4.69, 9.17) is 4.42 Å². The van der Waals surface area contributed by atoms with Gasteiger partial charge in [0.15, 0.2) is 0 Å². The van der Waals surface area contributed by atoms with E-state index < -0.39 is 0 Å². The van der Waals surface area contributed by atoms with Gasteiger partial charge in [0.25, 0.3) is 5.91 Å². The predicted octanol–water partition coefficient (Wildman–Crippen LogP) is 4.71. The molecule has 3 aromatic carbocycles. The molecule has 0 radical (unpaired) electrons. The number of rotatable bonds is 3. The lowest BCUT2D eigenvalue weighted by Crippen LogP contribution is -2.11. The monoisotopic (exact) mass is 341 g/mol. The maximum Gasteiger partial charge on any atom is 0.344 e. The van der Waals surface area contributed by atoms with Crippen molar-refractivity contribution >= 4 is 22.6 Å². The molecule has 126 valence electrons. The summed E-state index contributed by atoms with van der Waals surface area (Å²) in [5.41, 5.74) is 2.66. The highest BCUT2D eigenvalue weighted by Gasteiger charge is 2.09.